The van der Waals surface area contributed by atoms with Crippen LogP contribution in [0.5, 0.6) is 0 Å². The van der Waals surface area contributed by atoms with Gasteiger partial charge in [-0.15, -0.1) is 0 Å². The molecule has 67 valence electrons. The third kappa shape index (κ3) is 251. The second-order valence-electron chi connectivity index (χ2n) is 1.06. The van der Waals surface area contributed by atoms with Gasteiger partial charge in [0.25, 0.3) is 0 Å². The summed E-state index contributed by atoms with van der Waals surface area (Å²) in [6.45, 7) is 11.6. The first-order valence-corrected chi connectivity index (χ1v) is 3.45. The van der Waals surface area contributed by atoms with Gasteiger partial charge in [0, 0.05) is 27.1 Å². The average Bonchev–Trinajstić information content (AvgIpc) is 1.97. The van der Waals surface area contributed by atoms with Crippen LogP contribution in [0, 0.1) is 5.53 Å². The molecule has 0 saturated heterocycles. The van der Waals surface area contributed by atoms with Crippen molar-refractivity contribution in [3.05, 3.63) is 0 Å². The Bertz CT molecular complexity index is 72.2. The van der Waals surface area contributed by atoms with Crippen LogP contribution in [0.25, 0.3) is 0 Å². The fourth-order valence-electron chi connectivity index (χ4n) is 0. The zero-order chi connectivity index (χ0) is 8.28. The topological polar surface area (TPSA) is 38.0 Å². The molecule has 0 heterocycles. The van der Waals surface area contributed by atoms with Crippen LogP contribution < -0.4 is 0 Å². The van der Waals surface area contributed by atoms with E-state index in [1.54, 1.807) is 13.8 Å². The Morgan fingerprint density at radius 2 is 1.09 bits per heavy atom. The molecule has 0 aromatic rings. The Balaban J connectivity index is -0.0000000178. The van der Waals surface area contributed by atoms with Crippen LogP contribution in [0.4, 0.5) is 0 Å². The molecule has 1 N–H and O–H groups in total. The summed E-state index contributed by atoms with van der Waals surface area (Å²) >= 11 is 0. The summed E-state index contributed by atoms with van der Waals surface area (Å²) < 4.78 is 0. The molecule has 0 aromatic carbocycles. The lowest BCUT2D eigenvalue weighted by Crippen LogP contribution is -1.76. The van der Waals surface area contributed by atoms with Crippen molar-refractivity contribution in [3.8, 4) is 0 Å². The molecule has 11 heavy (non-hydrogen) atoms. The highest BCUT2D eigenvalue weighted by Gasteiger charge is 1.79. The van der Waals surface area contributed by atoms with E-state index in [1.807, 2.05) is 27.7 Å². The summed E-state index contributed by atoms with van der Waals surface area (Å²) in [5.41, 5.74) is 7.04. The second kappa shape index (κ2) is 56.8. The molecule has 0 amide bonds. The Morgan fingerprint density at radius 3 is 1.09 bits per heavy atom. The summed E-state index contributed by atoms with van der Waals surface area (Å²) in [4.78, 5) is 3.06. The van der Waals surface area contributed by atoms with Gasteiger partial charge in [-0.2, -0.15) is 0 Å². The second-order valence-corrected chi connectivity index (χ2v) is 1.06. The Kier molecular flexibility index (Phi) is 162. The van der Waals surface area contributed by atoms with E-state index in [0.29, 0.717) is 0 Å². The third-order valence-electron chi connectivity index (χ3n) is 0.224. The van der Waals surface area contributed by atoms with Crippen molar-refractivity contribution in [1.29, 1.82) is 5.53 Å². The lowest BCUT2D eigenvalue weighted by Gasteiger charge is -1.45. The first-order chi connectivity index (χ1) is 4.27. The molecule has 0 aliphatic heterocycles. The van der Waals surface area contributed by atoms with Crippen LogP contribution in [0.1, 0.15) is 49.0 Å². The van der Waals surface area contributed by atoms with Gasteiger partial charge in [0.2, 0.25) is 0 Å². The molecule has 0 bridgehead atoms. The standard InChI is InChI=1S/C3H7N2.2C2H6.CH4.B/c1-3(2)5-4;2*1-2;;/h4H,1-2H3;2*1-2H3;1H4;/q+1;;;;. The molecule has 0 aromatic heterocycles. The van der Waals surface area contributed by atoms with Crippen molar-refractivity contribution in [2.75, 3.05) is 0 Å². The Hall–Kier alpha value is -0.555. The largest absolute Gasteiger partial charge is 0.312 e. The highest BCUT2D eigenvalue weighted by Crippen LogP contribution is 1.52. The summed E-state index contributed by atoms with van der Waals surface area (Å²) in [5.74, 6) is 0. The predicted molar refractivity (Wildman–Crippen MR) is 54.5 cm³/mol. The van der Waals surface area contributed by atoms with Gasteiger partial charge in [0.05, 0.1) is 5.53 Å². The van der Waals surface area contributed by atoms with Gasteiger partial charge in [-0.1, -0.05) is 35.1 Å². The minimum atomic E-state index is 0. The predicted octanol–water partition coefficient (Wildman–Crippen LogP) is 3.01. The van der Waals surface area contributed by atoms with Gasteiger partial charge in [-0.25, -0.2) is 0 Å². The molecule has 0 unspecified atom stereocenters. The quantitative estimate of drug-likeness (QED) is 0.243. The SMILES string of the molecule is C.CC.CC.CC(C)=[N+]=N.[B]. The minimum absolute atomic E-state index is 0. The van der Waals surface area contributed by atoms with Crippen molar-refractivity contribution in [1.82, 2.24) is 0 Å². The third-order valence-corrected chi connectivity index (χ3v) is 0.224. The molecule has 0 aliphatic rings. The highest BCUT2D eigenvalue weighted by molar-refractivity contribution is 5.75. The van der Waals surface area contributed by atoms with Crippen LogP contribution >= 0.6 is 0 Å². The van der Waals surface area contributed by atoms with Crippen LogP contribution in [-0.2, 0) is 0 Å². The molecule has 0 atom stereocenters. The van der Waals surface area contributed by atoms with E-state index in [-0.39, 0.29) is 15.8 Å². The lowest BCUT2D eigenvalue weighted by atomic mass is 10.5. The molecule has 0 saturated carbocycles. The minimum Gasteiger partial charge on any atom is -0.0776 e. The summed E-state index contributed by atoms with van der Waals surface area (Å²) in [6.07, 6.45) is 0. The van der Waals surface area contributed by atoms with E-state index in [0.717, 1.165) is 5.71 Å². The molecule has 3 radical (unpaired) electrons. The first-order valence-electron chi connectivity index (χ1n) is 3.45. The van der Waals surface area contributed by atoms with E-state index in [9.17, 15) is 0 Å². The average molecular weight is 158 g/mol. The molecule has 3 heteroatoms. The molecule has 0 fully saturated rings. The fraction of sp³-hybridized carbons (Fsp3) is 0.875. The van der Waals surface area contributed by atoms with Crippen molar-refractivity contribution < 1.29 is 4.79 Å². The molecular weight excluding hydrogens is 135 g/mol. The molecule has 0 aliphatic carbocycles. The number of nitrogens with one attached hydrogen (secondary N) is 1. The Labute approximate surface area is 74.2 Å². The maximum absolute atomic E-state index is 6.25. The summed E-state index contributed by atoms with van der Waals surface area (Å²) in [5, 5.41) is 0. The van der Waals surface area contributed by atoms with Crippen LogP contribution in [0.15, 0.2) is 0 Å². The van der Waals surface area contributed by atoms with E-state index in [2.05, 4.69) is 4.79 Å². The molecule has 2 nitrogen and oxygen atoms in total. The van der Waals surface area contributed by atoms with Gasteiger partial charge in [-0.3, -0.25) is 0 Å². The Morgan fingerprint density at radius 1 is 1.00 bits per heavy atom. The van der Waals surface area contributed by atoms with Crippen LogP contribution in [0.3, 0.4) is 0 Å². The van der Waals surface area contributed by atoms with E-state index in [1.165, 1.54) is 0 Å². The van der Waals surface area contributed by atoms with Crippen molar-refractivity contribution in [2.24, 2.45) is 0 Å². The van der Waals surface area contributed by atoms with Gasteiger partial charge < -0.3 is 0 Å². The van der Waals surface area contributed by atoms with Crippen LogP contribution in [0.2, 0.25) is 0 Å². The number of rotatable bonds is 0. The lowest BCUT2D eigenvalue weighted by molar-refractivity contribution is -0.120. The fourth-order valence-corrected chi connectivity index (χ4v) is 0. The van der Waals surface area contributed by atoms with E-state index < -0.39 is 0 Å². The monoisotopic (exact) mass is 158 g/mol. The summed E-state index contributed by atoms with van der Waals surface area (Å²) in [6, 6.07) is 0. The number of hydrogen-bond donors (Lipinski definition) is 1. The van der Waals surface area contributed by atoms with Crippen LogP contribution in [-0.4, -0.2) is 18.9 Å². The zero-order valence-electron chi connectivity index (χ0n) is 8.02. The van der Waals surface area contributed by atoms with Crippen molar-refractivity contribution in [2.45, 2.75) is 49.0 Å². The zero-order valence-corrected chi connectivity index (χ0v) is 8.02. The molecule has 0 spiro atoms. The van der Waals surface area contributed by atoms with Gasteiger partial charge >= 0.3 is 5.71 Å². The number of nitrogens with zero attached hydrogens (tertiary/aromatic N) is 1. The van der Waals surface area contributed by atoms with E-state index in [4.69, 9.17) is 5.53 Å². The van der Waals surface area contributed by atoms with E-state index >= 15 is 0 Å². The smallest absolute Gasteiger partial charge is 0.0776 e. The van der Waals surface area contributed by atoms with Crippen molar-refractivity contribution >= 4 is 14.1 Å². The molecular formula is C8H23BN2+. The van der Waals surface area contributed by atoms with Gasteiger partial charge in [0.15, 0.2) is 0 Å². The maximum atomic E-state index is 6.25. The highest BCUT2D eigenvalue weighted by atomic mass is 14.8. The first kappa shape index (κ1) is 31.4. The normalized spacial score (nSPS) is 3.82. The van der Waals surface area contributed by atoms with Crippen molar-refractivity contribution in [3.63, 3.8) is 0 Å². The number of hydrogen-bond acceptors (Lipinski definition) is 1. The van der Waals surface area contributed by atoms with Gasteiger partial charge in [-0.05, 0) is 0 Å². The van der Waals surface area contributed by atoms with Gasteiger partial charge in [0.1, 0.15) is 0 Å². The maximum Gasteiger partial charge on any atom is 0.312 e. The summed E-state index contributed by atoms with van der Waals surface area (Å²) in [7, 11) is 0. The molecule has 0 rings (SSSR count).